The van der Waals surface area contributed by atoms with Crippen LogP contribution >= 0.6 is 0 Å². The third kappa shape index (κ3) is 4.88. The van der Waals surface area contributed by atoms with Crippen LogP contribution in [0, 0.1) is 0 Å². The lowest BCUT2D eigenvalue weighted by Crippen LogP contribution is -2.32. The van der Waals surface area contributed by atoms with Crippen LogP contribution in [0.4, 0.5) is 0 Å². The minimum absolute atomic E-state index is 0.0754. The molecule has 0 aliphatic carbocycles. The molecule has 1 N–H and O–H groups in total. The summed E-state index contributed by atoms with van der Waals surface area (Å²) in [5.41, 5.74) is -0.278. The zero-order valence-corrected chi connectivity index (χ0v) is 15.0. The number of hydrogen-bond acceptors (Lipinski definition) is 7. The summed E-state index contributed by atoms with van der Waals surface area (Å²) in [6.45, 7) is 4.57. The van der Waals surface area contributed by atoms with Crippen LogP contribution in [0.5, 0.6) is 0 Å². The van der Waals surface area contributed by atoms with Crippen molar-refractivity contribution in [3.8, 4) is 5.82 Å². The van der Waals surface area contributed by atoms with E-state index >= 15 is 0 Å². The fourth-order valence-corrected chi connectivity index (χ4v) is 2.24. The molecule has 10 heteroatoms. The van der Waals surface area contributed by atoms with E-state index in [1.54, 1.807) is 18.2 Å². The Morgan fingerprint density at radius 2 is 2.15 bits per heavy atom. The van der Waals surface area contributed by atoms with Gasteiger partial charge in [-0.1, -0.05) is 0 Å². The summed E-state index contributed by atoms with van der Waals surface area (Å²) in [4.78, 5) is 27.9. The first-order chi connectivity index (χ1) is 13.0. The van der Waals surface area contributed by atoms with Crippen molar-refractivity contribution in [1.82, 2.24) is 29.9 Å². The van der Waals surface area contributed by atoms with Crippen molar-refractivity contribution in [3.05, 3.63) is 58.8 Å². The molecule has 10 nitrogen and oxygen atoms in total. The quantitative estimate of drug-likeness (QED) is 0.621. The third-order valence-electron chi connectivity index (χ3n) is 3.56. The summed E-state index contributed by atoms with van der Waals surface area (Å²) in [7, 11) is 0. The van der Waals surface area contributed by atoms with Crippen molar-refractivity contribution in [2.45, 2.75) is 33.1 Å². The first-order valence-corrected chi connectivity index (χ1v) is 8.44. The van der Waals surface area contributed by atoms with E-state index in [1.165, 1.54) is 28.1 Å². The van der Waals surface area contributed by atoms with Gasteiger partial charge in [-0.3, -0.25) is 9.59 Å². The van der Waals surface area contributed by atoms with E-state index in [-0.39, 0.29) is 36.4 Å². The topological polar surface area (TPSA) is 117 Å². The van der Waals surface area contributed by atoms with Gasteiger partial charge in [0.15, 0.2) is 11.6 Å². The van der Waals surface area contributed by atoms with E-state index in [4.69, 9.17) is 9.15 Å². The molecule has 0 aliphatic rings. The molecule has 0 atom stereocenters. The highest BCUT2D eigenvalue weighted by Gasteiger charge is 2.11. The maximum absolute atomic E-state index is 12.1. The van der Waals surface area contributed by atoms with Crippen molar-refractivity contribution in [2.75, 3.05) is 6.54 Å². The molecule has 27 heavy (non-hydrogen) atoms. The van der Waals surface area contributed by atoms with Gasteiger partial charge in [-0.15, -0.1) is 5.10 Å². The predicted molar refractivity (Wildman–Crippen MR) is 94.4 cm³/mol. The maximum atomic E-state index is 12.1. The normalized spacial score (nSPS) is 11.1. The van der Waals surface area contributed by atoms with E-state index in [0.717, 1.165) is 0 Å². The van der Waals surface area contributed by atoms with Gasteiger partial charge in [-0.25, -0.2) is 14.3 Å². The van der Waals surface area contributed by atoms with E-state index in [1.807, 2.05) is 13.8 Å². The van der Waals surface area contributed by atoms with Gasteiger partial charge in [0.1, 0.15) is 25.0 Å². The summed E-state index contributed by atoms with van der Waals surface area (Å²) >= 11 is 0. The Bertz CT molecular complexity index is 944. The molecular formula is C17H20N6O4. The second-order valence-electron chi connectivity index (χ2n) is 5.97. The number of ether oxygens (including phenoxy) is 1. The molecule has 0 saturated heterocycles. The van der Waals surface area contributed by atoms with Crippen LogP contribution < -0.4 is 10.9 Å². The lowest BCUT2D eigenvalue weighted by Gasteiger charge is -2.07. The van der Waals surface area contributed by atoms with Gasteiger partial charge >= 0.3 is 0 Å². The number of amides is 1. The lowest BCUT2D eigenvalue weighted by atomic mass is 10.4. The van der Waals surface area contributed by atoms with Crippen molar-refractivity contribution in [2.24, 2.45) is 0 Å². The minimum atomic E-state index is -0.369. The smallest absolute Gasteiger partial charge is 0.287 e. The first-order valence-electron chi connectivity index (χ1n) is 8.44. The molecule has 0 unspecified atom stereocenters. The zero-order chi connectivity index (χ0) is 19.2. The third-order valence-corrected chi connectivity index (χ3v) is 3.56. The Hall–Kier alpha value is -3.27. The summed E-state index contributed by atoms with van der Waals surface area (Å²) in [6.07, 6.45) is 2.93. The number of nitrogens with zero attached hydrogens (tertiary/aromatic N) is 5. The van der Waals surface area contributed by atoms with Crippen molar-refractivity contribution in [3.63, 3.8) is 0 Å². The van der Waals surface area contributed by atoms with Gasteiger partial charge in [0.05, 0.1) is 12.6 Å². The Kier molecular flexibility index (Phi) is 5.77. The van der Waals surface area contributed by atoms with Crippen molar-refractivity contribution < 1.29 is 13.9 Å². The van der Waals surface area contributed by atoms with Gasteiger partial charge in [0, 0.05) is 12.6 Å². The number of carbonyl (C=O) groups excluding carboxylic acids is 1. The Morgan fingerprint density at radius 1 is 1.30 bits per heavy atom. The Balaban J connectivity index is 1.56. The van der Waals surface area contributed by atoms with E-state index in [2.05, 4.69) is 20.5 Å². The highest BCUT2D eigenvalue weighted by Crippen LogP contribution is 2.10. The monoisotopic (exact) mass is 372 g/mol. The summed E-state index contributed by atoms with van der Waals surface area (Å²) in [6, 6.07) is 6.23. The lowest BCUT2D eigenvalue weighted by molar-refractivity contribution is 0.0535. The first kappa shape index (κ1) is 18.5. The second kappa shape index (κ2) is 8.41. The van der Waals surface area contributed by atoms with Gasteiger partial charge in [0.2, 0.25) is 0 Å². The van der Waals surface area contributed by atoms with Crippen molar-refractivity contribution in [1.29, 1.82) is 0 Å². The summed E-state index contributed by atoms with van der Waals surface area (Å²) in [5.74, 6) is 0.854. The second-order valence-corrected chi connectivity index (χ2v) is 5.97. The number of rotatable bonds is 8. The number of furan rings is 1. The molecular weight excluding hydrogens is 352 g/mol. The van der Waals surface area contributed by atoms with Crippen LogP contribution in [0.25, 0.3) is 5.82 Å². The highest BCUT2D eigenvalue weighted by atomic mass is 16.5. The van der Waals surface area contributed by atoms with Crippen LogP contribution in [-0.4, -0.2) is 43.1 Å². The zero-order valence-electron chi connectivity index (χ0n) is 15.0. The molecule has 3 aromatic rings. The molecule has 0 fully saturated rings. The highest BCUT2D eigenvalue weighted by molar-refractivity contribution is 5.91. The minimum Gasteiger partial charge on any atom is -0.453 e. The molecule has 3 heterocycles. The van der Waals surface area contributed by atoms with Crippen LogP contribution in [-0.2, 0) is 17.9 Å². The van der Waals surface area contributed by atoms with Gasteiger partial charge in [-0.2, -0.15) is 5.10 Å². The molecule has 0 spiro atoms. The standard InChI is InChI=1S/C17H20N6O4/c1-12(2)26-9-13-3-4-14(27-13)17(25)19-7-8-22-16(24)6-5-15(21-22)23-11-18-10-20-23/h3-6,10-12H,7-9H2,1-2H3,(H,19,25). The molecule has 1 amide bonds. The number of carbonyl (C=O) groups is 1. The van der Waals surface area contributed by atoms with Crippen LogP contribution in [0.2, 0.25) is 0 Å². The molecule has 142 valence electrons. The maximum Gasteiger partial charge on any atom is 0.287 e. The molecule has 3 aromatic heterocycles. The Labute approximate surface area is 154 Å². The fourth-order valence-electron chi connectivity index (χ4n) is 2.24. The molecule has 0 bridgehead atoms. The number of hydrogen-bond donors (Lipinski definition) is 1. The predicted octanol–water partition coefficient (Wildman–Crippen LogP) is 0.772. The summed E-state index contributed by atoms with van der Waals surface area (Å²) in [5, 5.41) is 10.9. The average Bonchev–Trinajstić information content (AvgIpc) is 3.33. The van der Waals surface area contributed by atoms with Gasteiger partial charge in [0.25, 0.3) is 11.5 Å². The molecule has 0 aliphatic heterocycles. The van der Waals surface area contributed by atoms with E-state index < -0.39 is 0 Å². The Morgan fingerprint density at radius 3 is 2.89 bits per heavy atom. The van der Waals surface area contributed by atoms with Crippen LogP contribution in [0.3, 0.4) is 0 Å². The van der Waals surface area contributed by atoms with Crippen LogP contribution in [0.1, 0.15) is 30.2 Å². The summed E-state index contributed by atoms with van der Waals surface area (Å²) < 4.78 is 13.6. The molecule has 0 saturated carbocycles. The van der Waals surface area contributed by atoms with E-state index in [0.29, 0.717) is 18.2 Å². The van der Waals surface area contributed by atoms with Gasteiger partial charge < -0.3 is 14.5 Å². The van der Waals surface area contributed by atoms with Gasteiger partial charge in [-0.05, 0) is 32.0 Å². The molecule has 0 aromatic carbocycles. The molecule has 3 rings (SSSR count). The molecule has 0 radical (unpaired) electrons. The van der Waals surface area contributed by atoms with Crippen molar-refractivity contribution >= 4 is 5.91 Å². The fraction of sp³-hybridized carbons (Fsp3) is 0.353. The largest absolute Gasteiger partial charge is 0.453 e. The van der Waals surface area contributed by atoms with Crippen LogP contribution in [0.15, 0.2) is 46.1 Å². The van der Waals surface area contributed by atoms with E-state index in [9.17, 15) is 9.59 Å². The number of nitrogens with one attached hydrogen (secondary N) is 1. The average molecular weight is 372 g/mol. The number of aromatic nitrogens is 5. The SMILES string of the molecule is CC(C)OCc1ccc(C(=O)NCCn2nc(-n3cncn3)ccc2=O)o1.